The molecule has 0 aromatic carbocycles. The summed E-state index contributed by atoms with van der Waals surface area (Å²) in [6, 6.07) is 1.43. The number of halogens is 3. The summed E-state index contributed by atoms with van der Waals surface area (Å²) in [6.07, 6.45) is -5.40. The zero-order valence-electron chi connectivity index (χ0n) is 14.5. The fourth-order valence-corrected chi connectivity index (χ4v) is 7.17. The second-order valence-electron chi connectivity index (χ2n) is 6.37. The molecule has 0 aromatic heterocycles. The number of nitrogens with one attached hydrogen (secondary N) is 1. The van der Waals surface area contributed by atoms with Crippen LogP contribution in [0, 0.1) is 11.3 Å². The Morgan fingerprint density at radius 3 is 2.08 bits per heavy atom. The number of amides is 1. The number of nitrogens with zero attached hydrogens (tertiary/aromatic N) is 2. The average molecular weight is 373 g/mol. The van der Waals surface area contributed by atoms with Gasteiger partial charge in [0.2, 0.25) is 0 Å². The number of carbonyl (C=O) groups is 1. The summed E-state index contributed by atoms with van der Waals surface area (Å²) in [5.74, 6) is -2.06. The van der Waals surface area contributed by atoms with Crippen LogP contribution in [0.1, 0.15) is 40.5 Å². The number of carbonyl (C=O) groups excluding carboxylic acids is 1. The van der Waals surface area contributed by atoms with Crippen molar-refractivity contribution in [3.63, 3.8) is 0 Å². The van der Waals surface area contributed by atoms with E-state index in [-0.39, 0.29) is 43.8 Å². The third kappa shape index (κ3) is 6.52. The van der Waals surface area contributed by atoms with E-state index in [1.807, 2.05) is 6.07 Å². The van der Waals surface area contributed by atoms with Gasteiger partial charge in [-0.05, 0) is 0 Å². The molecule has 0 unspecified atom stereocenters. The summed E-state index contributed by atoms with van der Waals surface area (Å²) < 4.78 is 38.0. The Hall–Kier alpha value is -0.940. The van der Waals surface area contributed by atoms with Crippen molar-refractivity contribution in [3.8, 4) is 6.07 Å². The quantitative estimate of drug-likeness (QED) is 0.426. The first kappa shape index (κ1) is 23.1. The van der Waals surface area contributed by atoms with Crippen molar-refractivity contribution in [3.05, 3.63) is 0 Å². The van der Waals surface area contributed by atoms with Crippen molar-refractivity contribution < 1.29 is 27.8 Å². The molecule has 0 saturated carbocycles. The molecule has 142 valence electrons. The second-order valence-corrected chi connectivity index (χ2v) is 10.4. The van der Waals surface area contributed by atoms with Crippen LogP contribution >= 0.6 is 7.21 Å². The molecule has 0 saturated heterocycles. The van der Waals surface area contributed by atoms with E-state index in [9.17, 15) is 27.8 Å². The summed E-state index contributed by atoms with van der Waals surface area (Å²) in [5, 5.41) is 10.5. The molecule has 0 spiro atoms. The summed E-state index contributed by atoms with van der Waals surface area (Å²) in [5.41, 5.74) is 0. The van der Waals surface area contributed by atoms with E-state index in [0.717, 1.165) is 0 Å². The molecule has 0 atom stereocenters. The Morgan fingerprint density at radius 2 is 1.71 bits per heavy atom. The van der Waals surface area contributed by atoms with Crippen LogP contribution in [0.5, 0.6) is 0 Å². The molecule has 0 radical (unpaired) electrons. The molecule has 0 heterocycles. The molecule has 10 heteroatoms. The van der Waals surface area contributed by atoms with E-state index in [0.29, 0.717) is 0 Å². The average Bonchev–Trinajstić information content (AvgIpc) is 2.39. The van der Waals surface area contributed by atoms with Gasteiger partial charge in [-0.3, -0.25) is 0 Å². The summed E-state index contributed by atoms with van der Waals surface area (Å²) in [4.78, 5) is 32.9. The van der Waals surface area contributed by atoms with E-state index in [1.54, 1.807) is 37.7 Å². The van der Waals surface area contributed by atoms with Crippen LogP contribution in [0.2, 0.25) is 0 Å². The summed E-state index contributed by atoms with van der Waals surface area (Å²) in [6.45, 7) is 6.81. The Balaban J connectivity index is 5.11. The molecule has 0 aliphatic heterocycles. The van der Waals surface area contributed by atoms with Gasteiger partial charge in [-0.15, -0.1) is 0 Å². The molecule has 0 aliphatic carbocycles. The van der Waals surface area contributed by atoms with Gasteiger partial charge in [0.1, 0.15) is 0 Å². The SMILES string of the molecule is CC(C)N(C(C)C)P(O)(O)(CCC#N)CCCNC(=O)C(F)(F)F. The first-order chi connectivity index (χ1) is 10.7. The molecule has 0 rings (SSSR count). The van der Waals surface area contributed by atoms with Gasteiger partial charge in [0, 0.05) is 0 Å². The molecule has 6 nitrogen and oxygen atoms in total. The summed E-state index contributed by atoms with van der Waals surface area (Å²) in [7, 11) is -4.46. The number of hydrogen-bond acceptors (Lipinski definition) is 5. The zero-order valence-corrected chi connectivity index (χ0v) is 15.4. The van der Waals surface area contributed by atoms with Crippen molar-refractivity contribution in [2.24, 2.45) is 0 Å². The van der Waals surface area contributed by atoms with Gasteiger partial charge < -0.3 is 0 Å². The van der Waals surface area contributed by atoms with Crippen molar-refractivity contribution in [2.75, 3.05) is 18.9 Å². The Labute approximate surface area is 140 Å². The van der Waals surface area contributed by atoms with Gasteiger partial charge >= 0.3 is 140 Å². The zero-order chi connectivity index (χ0) is 19.2. The molecule has 24 heavy (non-hydrogen) atoms. The van der Waals surface area contributed by atoms with Crippen LogP contribution in [0.25, 0.3) is 0 Å². The number of alkyl halides is 3. The Morgan fingerprint density at radius 1 is 1.21 bits per heavy atom. The van der Waals surface area contributed by atoms with Crippen molar-refractivity contribution in [2.45, 2.75) is 58.8 Å². The monoisotopic (exact) mass is 373 g/mol. The fourth-order valence-electron chi connectivity index (χ4n) is 2.99. The third-order valence-corrected chi connectivity index (χ3v) is 7.97. The van der Waals surface area contributed by atoms with Crippen LogP contribution < -0.4 is 5.32 Å². The van der Waals surface area contributed by atoms with Crippen LogP contribution in [0.4, 0.5) is 13.2 Å². The maximum absolute atomic E-state index is 12.1. The van der Waals surface area contributed by atoms with Crippen molar-refractivity contribution in [1.29, 1.82) is 5.26 Å². The topological polar surface area (TPSA) is 96.6 Å². The van der Waals surface area contributed by atoms with E-state index < -0.39 is 19.3 Å². The predicted octanol–water partition coefficient (Wildman–Crippen LogP) is 2.37. The van der Waals surface area contributed by atoms with E-state index in [4.69, 9.17) is 5.26 Å². The van der Waals surface area contributed by atoms with E-state index >= 15 is 0 Å². The normalized spacial score (nSPS) is 14.5. The van der Waals surface area contributed by atoms with Crippen LogP contribution in [-0.4, -0.2) is 57.5 Å². The predicted molar refractivity (Wildman–Crippen MR) is 87.1 cm³/mol. The minimum atomic E-state index is -4.97. The standard InChI is InChI=1S/C14H27F3N3O3P/c1-11(2)20(12(3)4)24(22,23,9-5-7-18)10-6-8-19-13(21)14(15,16)17/h11-12,22-23H,5-6,8-10H2,1-4H3,(H,19,21). The Bertz CT molecular complexity index is 468. The van der Waals surface area contributed by atoms with E-state index in [1.165, 1.54) is 0 Å². The molecule has 0 bridgehead atoms. The van der Waals surface area contributed by atoms with Crippen molar-refractivity contribution in [1.82, 2.24) is 9.99 Å². The first-order valence-corrected chi connectivity index (χ1v) is 10.2. The first-order valence-electron chi connectivity index (χ1n) is 7.76. The molecular weight excluding hydrogens is 346 g/mol. The van der Waals surface area contributed by atoms with Crippen molar-refractivity contribution >= 4 is 13.1 Å². The molecule has 0 aliphatic rings. The van der Waals surface area contributed by atoms with Gasteiger partial charge in [0.05, 0.1) is 0 Å². The van der Waals surface area contributed by atoms with Gasteiger partial charge in [0.25, 0.3) is 0 Å². The third-order valence-electron chi connectivity index (χ3n) is 3.61. The van der Waals surface area contributed by atoms with Gasteiger partial charge in [-0.25, -0.2) is 0 Å². The van der Waals surface area contributed by atoms with Gasteiger partial charge in [-0.2, -0.15) is 0 Å². The second kappa shape index (κ2) is 8.43. The fraction of sp³-hybridized carbons (Fsp3) is 0.857. The molecule has 3 N–H and O–H groups in total. The van der Waals surface area contributed by atoms with Gasteiger partial charge in [-0.1, -0.05) is 0 Å². The maximum atomic E-state index is 12.1. The van der Waals surface area contributed by atoms with Crippen LogP contribution in [-0.2, 0) is 4.79 Å². The molecule has 0 aromatic rings. The number of hydrogen-bond donors (Lipinski definition) is 3. The number of nitriles is 1. The molecule has 0 fully saturated rings. The minimum absolute atomic E-state index is 0.0337. The van der Waals surface area contributed by atoms with E-state index in [2.05, 4.69) is 0 Å². The molecule has 1 amide bonds. The Kier molecular flexibility index (Phi) is 8.10. The van der Waals surface area contributed by atoms with Crippen LogP contribution in [0.15, 0.2) is 0 Å². The number of rotatable bonds is 9. The summed E-state index contributed by atoms with van der Waals surface area (Å²) >= 11 is 0. The molecular formula is C14H27F3N3O3P. The van der Waals surface area contributed by atoms with Crippen LogP contribution in [0.3, 0.4) is 0 Å². The van der Waals surface area contributed by atoms with Gasteiger partial charge in [0.15, 0.2) is 0 Å².